The highest BCUT2D eigenvalue weighted by Crippen LogP contribution is 2.33. The minimum atomic E-state index is 0.254. The monoisotopic (exact) mass is 293 g/mol. The highest BCUT2D eigenvalue weighted by atomic mass is 35.5. The molecule has 108 valence electrons. The van der Waals surface area contributed by atoms with Crippen LogP contribution in [0.1, 0.15) is 25.6 Å². The molecule has 1 saturated heterocycles. The lowest BCUT2D eigenvalue weighted by Gasteiger charge is -2.34. The van der Waals surface area contributed by atoms with Gasteiger partial charge in [0, 0.05) is 38.3 Å². The number of hydrogen-bond donors (Lipinski definition) is 0. The van der Waals surface area contributed by atoms with Crippen molar-refractivity contribution < 1.29 is 4.74 Å². The van der Waals surface area contributed by atoms with Crippen molar-refractivity contribution in [2.45, 2.75) is 32.7 Å². The van der Waals surface area contributed by atoms with Crippen LogP contribution in [0.15, 0.2) is 18.3 Å². The zero-order valence-electron chi connectivity index (χ0n) is 11.8. The first-order chi connectivity index (χ1) is 9.72. The standard InChI is InChI=1S/C15H20ClN3O/c1-15(5-9-20-10-6-15)11-19-13(4-7-16)18-12-3-2-8-17-14(12)19/h2-3,8H,4-7,9-11H2,1H3. The summed E-state index contributed by atoms with van der Waals surface area (Å²) in [6.07, 6.45) is 4.78. The van der Waals surface area contributed by atoms with E-state index >= 15 is 0 Å². The number of imidazole rings is 1. The van der Waals surface area contributed by atoms with Gasteiger partial charge in [0.25, 0.3) is 0 Å². The summed E-state index contributed by atoms with van der Waals surface area (Å²) in [6.45, 7) is 4.97. The first-order valence-corrected chi connectivity index (χ1v) is 7.69. The predicted molar refractivity (Wildman–Crippen MR) is 80.1 cm³/mol. The maximum Gasteiger partial charge on any atom is 0.160 e. The zero-order chi connectivity index (χ0) is 14.0. The van der Waals surface area contributed by atoms with E-state index in [0.717, 1.165) is 56.0 Å². The van der Waals surface area contributed by atoms with Crippen molar-refractivity contribution in [3.05, 3.63) is 24.2 Å². The van der Waals surface area contributed by atoms with Crippen molar-refractivity contribution in [3.8, 4) is 0 Å². The topological polar surface area (TPSA) is 39.9 Å². The van der Waals surface area contributed by atoms with E-state index in [9.17, 15) is 0 Å². The fourth-order valence-electron chi connectivity index (χ4n) is 2.85. The molecule has 1 aliphatic heterocycles. The Morgan fingerprint density at radius 1 is 1.40 bits per heavy atom. The van der Waals surface area contributed by atoms with E-state index in [0.29, 0.717) is 5.88 Å². The van der Waals surface area contributed by atoms with Crippen molar-refractivity contribution in [1.29, 1.82) is 0 Å². The molecule has 4 nitrogen and oxygen atoms in total. The number of ether oxygens (including phenoxy) is 1. The number of rotatable bonds is 4. The number of halogens is 1. The van der Waals surface area contributed by atoms with Crippen molar-refractivity contribution in [1.82, 2.24) is 14.5 Å². The number of hydrogen-bond acceptors (Lipinski definition) is 3. The van der Waals surface area contributed by atoms with Gasteiger partial charge in [0.1, 0.15) is 11.3 Å². The molecule has 0 spiro atoms. The van der Waals surface area contributed by atoms with Gasteiger partial charge in [-0.05, 0) is 30.4 Å². The molecule has 0 atom stereocenters. The highest BCUT2D eigenvalue weighted by Gasteiger charge is 2.29. The Morgan fingerprint density at radius 2 is 2.20 bits per heavy atom. The molecular weight excluding hydrogens is 274 g/mol. The van der Waals surface area contributed by atoms with E-state index in [-0.39, 0.29) is 5.41 Å². The SMILES string of the molecule is CC1(Cn2c(CCCl)nc3cccnc32)CCOCC1. The molecule has 1 aliphatic rings. The summed E-state index contributed by atoms with van der Waals surface area (Å²) < 4.78 is 7.74. The number of nitrogens with zero attached hydrogens (tertiary/aromatic N) is 3. The summed E-state index contributed by atoms with van der Waals surface area (Å²) in [5.41, 5.74) is 2.19. The average molecular weight is 294 g/mol. The van der Waals surface area contributed by atoms with Gasteiger partial charge in [0.15, 0.2) is 5.65 Å². The molecule has 0 amide bonds. The fourth-order valence-corrected chi connectivity index (χ4v) is 3.02. The fraction of sp³-hybridized carbons (Fsp3) is 0.600. The Kier molecular flexibility index (Phi) is 3.94. The van der Waals surface area contributed by atoms with Gasteiger partial charge in [-0.2, -0.15) is 0 Å². The minimum Gasteiger partial charge on any atom is -0.381 e. The molecule has 5 heteroatoms. The largest absolute Gasteiger partial charge is 0.381 e. The lowest BCUT2D eigenvalue weighted by atomic mass is 9.82. The molecule has 2 aromatic rings. The lowest BCUT2D eigenvalue weighted by Crippen LogP contribution is -2.31. The molecule has 1 fully saturated rings. The van der Waals surface area contributed by atoms with Crippen LogP contribution in [0.4, 0.5) is 0 Å². The minimum absolute atomic E-state index is 0.254. The smallest absolute Gasteiger partial charge is 0.160 e. The number of aromatic nitrogens is 3. The summed E-state index contributed by atoms with van der Waals surface area (Å²) in [5, 5.41) is 0. The molecule has 3 heterocycles. The second kappa shape index (κ2) is 5.70. The quantitative estimate of drug-likeness (QED) is 0.814. The molecule has 0 bridgehead atoms. The Labute approximate surface area is 124 Å². The number of aryl methyl sites for hydroxylation is 1. The van der Waals surface area contributed by atoms with Gasteiger partial charge in [-0.3, -0.25) is 0 Å². The van der Waals surface area contributed by atoms with Gasteiger partial charge in [-0.15, -0.1) is 11.6 Å². The van der Waals surface area contributed by atoms with E-state index in [1.807, 2.05) is 18.3 Å². The molecule has 0 aromatic carbocycles. The van der Waals surface area contributed by atoms with Gasteiger partial charge in [-0.1, -0.05) is 6.92 Å². The van der Waals surface area contributed by atoms with Crippen LogP contribution in [0, 0.1) is 5.41 Å². The van der Waals surface area contributed by atoms with E-state index in [2.05, 4.69) is 21.5 Å². The van der Waals surface area contributed by atoms with E-state index in [1.165, 1.54) is 0 Å². The van der Waals surface area contributed by atoms with Gasteiger partial charge in [0.05, 0.1) is 0 Å². The summed E-state index contributed by atoms with van der Waals surface area (Å²) in [6, 6.07) is 3.95. The molecular formula is C15H20ClN3O. The van der Waals surface area contributed by atoms with Crippen molar-refractivity contribution in [2.75, 3.05) is 19.1 Å². The second-order valence-corrected chi connectivity index (χ2v) is 6.20. The molecule has 3 rings (SSSR count). The number of pyridine rings is 1. The van der Waals surface area contributed by atoms with Crippen LogP contribution < -0.4 is 0 Å². The van der Waals surface area contributed by atoms with Gasteiger partial charge < -0.3 is 9.30 Å². The molecule has 2 aromatic heterocycles. The van der Waals surface area contributed by atoms with Crippen LogP contribution in [0.3, 0.4) is 0 Å². The van der Waals surface area contributed by atoms with E-state index < -0.39 is 0 Å². The van der Waals surface area contributed by atoms with Crippen molar-refractivity contribution >= 4 is 22.8 Å². The summed E-state index contributed by atoms with van der Waals surface area (Å²) in [5.74, 6) is 1.63. The van der Waals surface area contributed by atoms with Gasteiger partial charge in [0.2, 0.25) is 0 Å². The van der Waals surface area contributed by atoms with Gasteiger partial charge in [-0.25, -0.2) is 9.97 Å². The average Bonchev–Trinajstić information content (AvgIpc) is 2.78. The number of fused-ring (bicyclic) bond motifs is 1. The molecule has 0 saturated carbocycles. The highest BCUT2D eigenvalue weighted by molar-refractivity contribution is 6.17. The third-order valence-electron chi connectivity index (χ3n) is 4.14. The molecule has 0 aliphatic carbocycles. The molecule has 0 unspecified atom stereocenters. The second-order valence-electron chi connectivity index (χ2n) is 5.82. The Hall–Kier alpha value is -1.13. The van der Waals surface area contributed by atoms with E-state index in [4.69, 9.17) is 16.3 Å². The normalized spacial score (nSPS) is 18.5. The Morgan fingerprint density at radius 3 is 2.95 bits per heavy atom. The Bertz CT molecular complexity index is 590. The maximum atomic E-state index is 5.92. The lowest BCUT2D eigenvalue weighted by molar-refractivity contribution is 0.0156. The van der Waals surface area contributed by atoms with Crippen LogP contribution in [0.2, 0.25) is 0 Å². The summed E-state index contributed by atoms with van der Waals surface area (Å²) >= 11 is 5.92. The van der Waals surface area contributed by atoms with Crippen molar-refractivity contribution in [3.63, 3.8) is 0 Å². The molecule has 0 N–H and O–H groups in total. The predicted octanol–water partition coefficient (Wildman–Crippen LogP) is 3.03. The van der Waals surface area contributed by atoms with Gasteiger partial charge >= 0.3 is 0 Å². The van der Waals surface area contributed by atoms with E-state index in [1.54, 1.807) is 0 Å². The van der Waals surface area contributed by atoms with Crippen LogP contribution in [0.5, 0.6) is 0 Å². The van der Waals surface area contributed by atoms with Crippen LogP contribution in [-0.4, -0.2) is 33.6 Å². The maximum absolute atomic E-state index is 5.92. The Balaban J connectivity index is 1.97. The third kappa shape index (κ3) is 2.67. The van der Waals surface area contributed by atoms with Crippen LogP contribution >= 0.6 is 11.6 Å². The first kappa shape index (κ1) is 13.8. The number of alkyl halides is 1. The summed E-state index contributed by atoms with van der Waals surface area (Å²) in [4.78, 5) is 9.19. The summed E-state index contributed by atoms with van der Waals surface area (Å²) in [7, 11) is 0. The third-order valence-corrected chi connectivity index (χ3v) is 4.33. The molecule has 0 radical (unpaired) electrons. The first-order valence-electron chi connectivity index (χ1n) is 7.16. The van der Waals surface area contributed by atoms with Crippen molar-refractivity contribution in [2.24, 2.45) is 5.41 Å². The van der Waals surface area contributed by atoms with Crippen LogP contribution in [-0.2, 0) is 17.7 Å². The molecule has 20 heavy (non-hydrogen) atoms. The zero-order valence-corrected chi connectivity index (χ0v) is 12.6. The van der Waals surface area contributed by atoms with Crippen LogP contribution in [0.25, 0.3) is 11.2 Å².